The zero-order chi connectivity index (χ0) is 18.4. The van der Waals surface area contributed by atoms with Crippen LogP contribution >= 0.6 is 0 Å². The maximum atomic E-state index is 13.1. The Morgan fingerprint density at radius 1 is 1.22 bits per heavy atom. The lowest BCUT2D eigenvalue weighted by Crippen LogP contribution is -2.39. The molecule has 1 amide bonds. The molecule has 1 atom stereocenters. The zero-order valence-corrected chi connectivity index (χ0v) is 15.7. The SMILES string of the molecule is Cn1cnc2cc(C(=O)N3CCC[C@@H](c4nccn4CC4CC4)C3)ccc21. The van der Waals surface area contributed by atoms with E-state index in [1.165, 1.54) is 12.8 Å². The molecule has 1 aromatic carbocycles. The number of hydrogen-bond donors (Lipinski definition) is 0. The fraction of sp³-hybridized carbons (Fsp3) is 0.476. The number of likely N-dealkylation sites (tertiary alicyclic amines) is 1. The summed E-state index contributed by atoms with van der Waals surface area (Å²) in [5.41, 5.74) is 2.64. The Hall–Kier alpha value is -2.63. The van der Waals surface area contributed by atoms with Crippen molar-refractivity contribution in [3.8, 4) is 0 Å². The Balaban J connectivity index is 1.35. The van der Waals surface area contributed by atoms with Crippen molar-refractivity contribution >= 4 is 16.9 Å². The van der Waals surface area contributed by atoms with Crippen molar-refractivity contribution in [2.75, 3.05) is 13.1 Å². The van der Waals surface area contributed by atoms with Gasteiger partial charge in [-0.15, -0.1) is 0 Å². The second-order valence-corrected chi connectivity index (χ2v) is 8.03. The fourth-order valence-corrected chi connectivity index (χ4v) is 4.24. The molecule has 0 unspecified atom stereocenters. The molecule has 6 nitrogen and oxygen atoms in total. The normalized spacial score (nSPS) is 20.3. The van der Waals surface area contributed by atoms with E-state index < -0.39 is 0 Å². The standard InChI is InChI=1S/C21H25N5O/c1-24-14-23-18-11-16(6-7-19(18)24)21(27)26-9-2-3-17(13-26)20-22-8-10-25(20)12-15-4-5-15/h6-8,10-11,14-15,17H,2-5,9,12-13H2,1H3/t17-/m1/s1. The summed E-state index contributed by atoms with van der Waals surface area (Å²) in [6, 6.07) is 5.82. The maximum Gasteiger partial charge on any atom is 0.253 e. The highest BCUT2D eigenvalue weighted by atomic mass is 16.2. The second kappa shape index (κ2) is 6.51. The molecule has 1 aliphatic heterocycles. The summed E-state index contributed by atoms with van der Waals surface area (Å²) in [5, 5.41) is 0. The maximum absolute atomic E-state index is 13.1. The van der Waals surface area contributed by atoms with Crippen molar-refractivity contribution < 1.29 is 4.79 Å². The first-order chi connectivity index (χ1) is 13.2. The number of benzene rings is 1. The monoisotopic (exact) mass is 363 g/mol. The molecule has 1 saturated heterocycles. The molecule has 0 spiro atoms. The van der Waals surface area contributed by atoms with Crippen molar-refractivity contribution in [1.29, 1.82) is 0 Å². The van der Waals surface area contributed by atoms with Crippen molar-refractivity contribution in [3.63, 3.8) is 0 Å². The van der Waals surface area contributed by atoms with Gasteiger partial charge in [0.2, 0.25) is 0 Å². The number of carbonyl (C=O) groups excluding carboxylic acids is 1. The first-order valence-corrected chi connectivity index (χ1v) is 9.90. The largest absolute Gasteiger partial charge is 0.338 e. The number of carbonyl (C=O) groups is 1. The summed E-state index contributed by atoms with van der Waals surface area (Å²) in [5.74, 6) is 2.41. The number of nitrogens with zero attached hydrogens (tertiary/aromatic N) is 5. The highest BCUT2D eigenvalue weighted by Gasteiger charge is 2.30. The topological polar surface area (TPSA) is 56.0 Å². The van der Waals surface area contributed by atoms with Crippen LogP contribution in [-0.2, 0) is 13.6 Å². The van der Waals surface area contributed by atoms with Crippen LogP contribution in [0.4, 0.5) is 0 Å². The molecule has 3 heterocycles. The number of imidazole rings is 2. The minimum Gasteiger partial charge on any atom is -0.338 e. The molecule has 2 aromatic heterocycles. The van der Waals surface area contributed by atoms with E-state index in [-0.39, 0.29) is 5.91 Å². The van der Waals surface area contributed by atoms with Crippen LogP contribution in [0.15, 0.2) is 36.9 Å². The highest BCUT2D eigenvalue weighted by Crippen LogP contribution is 2.33. The number of hydrogen-bond acceptors (Lipinski definition) is 3. The zero-order valence-electron chi connectivity index (χ0n) is 15.7. The van der Waals surface area contributed by atoms with Gasteiger partial charge in [-0.25, -0.2) is 9.97 Å². The molecule has 1 saturated carbocycles. The van der Waals surface area contributed by atoms with Gasteiger partial charge in [0.15, 0.2) is 0 Å². The number of aryl methyl sites for hydroxylation is 1. The molecule has 0 bridgehead atoms. The molecule has 5 rings (SSSR count). The molecule has 2 aliphatic rings. The van der Waals surface area contributed by atoms with Gasteiger partial charge >= 0.3 is 0 Å². The van der Waals surface area contributed by atoms with Gasteiger partial charge < -0.3 is 14.0 Å². The van der Waals surface area contributed by atoms with Crippen molar-refractivity contribution in [2.24, 2.45) is 13.0 Å². The smallest absolute Gasteiger partial charge is 0.253 e. The average molecular weight is 363 g/mol. The first-order valence-electron chi connectivity index (χ1n) is 9.90. The minimum absolute atomic E-state index is 0.104. The van der Waals surface area contributed by atoms with E-state index in [1.807, 2.05) is 40.9 Å². The van der Waals surface area contributed by atoms with E-state index in [4.69, 9.17) is 0 Å². The van der Waals surface area contributed by atoms with Crippen LogP contribution in [0, 0.1) is 5.92 Å². The summed E-state index contributed by atoms with van der Waals surface area (Å²) in [4.78, 5) is 24.1. The van der Waals surface area contributed by atoms with Gasteiger partial charge in [0.1, 0.15) is 5.82 Å². The molecule has 140 valence electrons. The van der Waals surface area contributed by atoms with Gasteiger partial charge in [-0.05, 0) is 49.8 Å². The first kappa shape index (κ1) is 16.5. The fourth-order valence-electron chi connectivity index (χ4n) is 4.24. The Kier molecular flexibility index (Phi) is 3.99. The minimum atomic E-state index is 0.104. The number of amides is 1. The molecule has 27 heavy (non-hydrogen) atoms. The number of fused-ring (bicyclic) bond motifs is 1. The summed E-state index contributed by atoms with van der Waals surface area (Å²) >= 11 is 0. The van der Waals surface area contributed by atoms with Gasteiger partial charge in [0.05, 0.1) is 17.4 Å². The summed E-state index contributed by atoms with van der Waals surface area (Å²) in [7, 11) is 1.97. The molecule has 2 fully saturated rings. The van der Waals surface area contributed by atoms with E-state index in [9.17, 15) is 4.79 Å². The van der Waals surface area contributed by atoms with E-state index in [0.717, 1.165) is 60.8 Å². The quantitative estimate of drug-likeness (QED) is 0.715. The average Bonchev–Trinajstić information content (AvgIpc) is 3.26. The van der Waals surface area contributed by atoms with Gasteiger partial charge in [0, 0.05) is 50.6 Å². The third kappa shape index (κ3) is 3.13. The van der Waals surface area contributed by atoms with Crippen LogP contribution in [0.1, 0.15) is 47.8 Å². The van der Waals surface area contributed by atoms with Crippen LogP contribution < -0.4 is 0 Å². The van der Waals surface area contributed by atoms with Gasteiger partial charge in [-0.3, -0.25) is 4.79 Å². The van der Waals surface area contributed by atoms with Crippen LogP contribution in [-0.4, -0.2) is 43.0 Å². The predicted molar refractivity (Wildman–Crippen MR) is 104 cm³/mol. The Morgan fingerprint density at radius 3 is 2.96 bits per heavy atom. The van der Waals surface area contributed by atoms with Crippen molar-refractivity contribution in [3.05, 3.63) is 48.3 Å². The summed E-state index contributed by atoms with van der Waals surface area (Å²) in [6.07, 6.45) is 10.6. The van der Waals surface area contributed by atoms with Crippen LogP contribution in [0.2, 0.25) is 0 Å². The summed E-state index contributed by atoms with van der Waals surface area (Å²) < 4.78 is 4.29. The molecule has 6 heteroatoms. The van der Waals surface area contributed by atoms with E-state index in [0.29, 0.717) is 5.92 Å². The van der Waals surface area contributed by atoms with Crippen molar-refractivity contribution in [2.45, 2.75) is 38.1 Å². The molecule has 0 radical (unpaired) electrons. The van der Waals surface area contributed by atoms with Crippen LogP contribution in [0.3, 0.4) is 0 Å². The lowest BCUT2D eigenvalue weighted by atomic mass is 9.96. The van der Waals surface area contributed by atoms with E-state index >= 15 is 0 Å². The molecule has 0 N–H and O–H groups in total. The number of piperidine rings is 1. The highest BCUT2D eigenvalue weighted by molar-refractivity contribution is 5.97. The Labute approximate surface area is 158 Å². The Bertz CT molecular complexity index is 984. The third-order valence-electron chi connectivity index (χ3n) is 5.95. The number of rotatable bonds is 4. The second-order valence-electron chi connectivity index (χ2n) is 8.03. The third-order valence-corrected chi connectivity index (χ3v) is 5.95. The molecular weight excluding hydrogens is 338 g/mol. The van der Waals surface area contributed by atoms with Gasteiger partial charge in [-0.1, -0.05) is 0 Å². The van der Waals surface area contributed by atoms with Crippen molar-refractivity contribution in [1.82, 2.24) is 24.0 Å². The molecule has 3 aromatic rings. The predicted octanol–water partition coefficient (Wildman–Crippen LogP) is 3.20. The van der Waals surface area contributed by atoms with Gasteiger partial charge in [-0.2, -0.15) is 0 Å². The molecular formula is C21H25N5O. The Morgan fingerprint density at radius 2 is 2.11 bits per heavy atom. The van der Waals surface area contributed by atoms with Gasteiger partial charge in [0.25, 0.3) is 5.91 Å². The molecule has 1 aliphatic carbocycles. The van der Waals surface area contributed by atoms with Crippen LogP contribution in [0.5, 0.6) is 0 Å². The van der Waals surface area contributed by atoms with Crippen LogP contribution in [0.25, 0.3) is 11.0 Å². The summed E-state index contributed by atoms with van der Waals surface area (Å²) in [6.45, 7) is 2.65. The number of aromatic nitrogens is 4. The van der Waals surface area contributed by atoms with E-state index in [2.05, 4.69) is 20.7 Å². The lowest BCUT2D eigenvalue weighted by Gasteiger charge is -2.32. The lowest BCUT2D eigenvalue weighted by molar-refractivity contribution is 0.0703. The van der Waals surface area contributed by atoms with E-state index in [1.54, 1.807) is 6.33 Å².